The van der Waals surface area contributed by atoms with Gasteiger partial charge >= 0.3 is 5.97 Å². The van der Waals surface area contributed by atoms with E-state index in [1.165, 1.54) is 20.8 Å². The van der Waals surface area contributed by atoms with Crippen molar-refractivity contribution in [3.63, 3.8) is 0 Å². The first-order valence-corrected chi connectivity index (χ1v) is 8.60. The van der Waals surface area contributed by atoms with Gasteiger partial charge in [-0.2, -0.15) is 5.26 Å². The van der Waals surface area contributed by atoms with Crippen molar-refractivity contribution in [2.45, 2.75) is 33.0 Å². The van der Waals surface area contributed by atoms with Crippen LogP contribution in [0.2, 0.25) is 0 Å². The van der Waals surface area contributed by atoms with E-state index in [2.05, 4.69) is 5.32 Å². The molecule has 0 aliphatic heterocycles. The van der Waals surface area contributed by atoms with Gasteiger partial charge in [0, 0.05) is 5.56 Å². The van der Waals surface area contributed by atoms with E-state index in [9.17, 15) is 14.4 Å². The smallest absolute Gasteiger partial charge is 0.347 e. The second kappa shape index (κ2) is 9.33. The zero-order valence-corrected chi connectivity index (χ0v) is 15.8. The Hall–Kier alpha value is -3.66. The van der Waals surface area contributed by atoms with Crippen molar-refractivity contribution >= 4 is 23.3 Å². The van der Waals surface area contributed by atoms with Crippen molar-refractivity contribution < 1.29 is 23.9 Å². The van der Waals surface area contributed by atoms with E-state index in [-0.39, 0.29) is 5.78 Å². The van der Waals surface area contributed by atoms with Crippen LogP contribution in [0, 0.1) is 11.3 Å². The molecule has 2 aromatic rings. The molecule has 2 aromatic carbocycles. The van der Waals surface area contributed by atoms with Crippen LogP contribution in [0.5, 0.6) is 5.75 Å². The highest BCUT2D eigenvalue weighted by Gasteiger charge is 2.24. The van der Waals surface area contributed by atoms with E-state index in [4.69, 9.17) is 14.7 Å². The van der Waals surface area contributed by atoms with Gasteiger partial charge in [-0.05, 0) is 57.2 Å². The molecule has 0 bridgehead atoms. The summed E-state index contributed by atoms with van der Waals surface area (Å²) >= 11 is 0. The average Bonchev–Trinajstić information content (AvgIpc) is 2.68. The van der Waals surface area contributed by atoms with Crippen molar-refractivity contribution in [1.82, 2.24) is 0 Å². The van der Waals surface area contributed by atoms with E-state index >= 15 is 0 Å². The molecule has 0 aromatic heterocycles. The summed E-state index contributed by atoms with van der Waals surface area (Å²) in [5, 5.41) is 11.4. The molecule has 0 aliphatic carbocycles. The van der Waals surface area contributed by atoms with Crippen LogP contribution < -0.4 is 10.1 Å². The molecular weight excluding hydrogens is 360 g/mol. The second-order valence-corrected chi connectivity index (χ2v) is 6.07. The fraction of sp³-hybridized carbons (Fsp3) is 0.238. The number of anilines is 1. The van der Waals surface area contributed by atoms with Gasteiger partial charge < -0.3 is 14.8 Å². The van der Waals surface area contributed by atoms with Gasteiger partial charge in [0.1, 0.15) is 5.75 Å². The van der Waals surface area contributed by atoms with Crippen LogP contribution in [0.25, 0.3) is 0 Å². The maximum Gasteiger partial charge on any atom is 0.347 e. The Morgan fingerprint density at radius 3 is 2.25 bits per heavy atom. The van der Waals surface area contributed by atoms with Gasteiger partial charge in [-0.3, -0.25) is 9.59 Å². The molecule has 0 saturated carbocycles. The highest BCUT2D eigenvalue weighted by atomic mass is 16.6. The van der Waals surface area contributed by atoms with Crippen LogP contribution in [0.3, 0.4) is 0 Å². The van der Waals surface area contributed by atoms with E-state index in [1.54, 1.807) is 48.5 Å². The van der Waals surface area contributed by atoms with Gasteiger partial charge in [0.05, 0.1) is 17.3 Å². The number of nitrogens with zero attached hydrogens (tertiary/aromatic N) is 1. The zero-order chi connectivity index (χ0) is 20.7. The SMILES string of the molecule is CC(=O)c1ccccc1NC(=O)[C@@H](C)OC(=O)[C@@H](C)Oc1ccc(C#N)cc1. The van der Waals surface area contributed by atoms with Crippen molar-refractivity contribution in [1.29, 1.82) is 5.26 Å². The second-order valence-electron chi connectivity index (χ2n) is 6.07. The molecule has 0 fully saturated rings. The Kier molecular flexibility index (Phi) is 6.88. The van der Waals surface area contributed by atoms with Gasteiger partial charge in [0.15, 0.2) is 18.0 Å². The maximum absolute atomic E-state index is 12.3. The number of carbonyl (C=O) groups excluding carboxylic acids is 3. The van der Waals surface area contributed by atoms with Crippen LogP contribution in [0.1, 0.15) is 36.7 Å². The van der Waals surface area contributed by atoms with Crippen LogP contribution >= 0.6 is 0 Å². The Balaban J connectivity index is 1.94. The minimum Gasteiger partial charge on any atom is -0.479 e. The number of hydrogen-bond donors (Lipinski definition) is 1. The third-order valence-corrected chi connectivity index (χ3v) is 3.85. The number of nitriles is 1. The number of benzene rings is 2. The zero-order valence-electron chi connectivity index (χ0n) is 15.8. The first-order valence-electron chi connectivity index (χ1n) is 8.60. The number of nitrogens with one attached hydrogen (secondary N) is 1. The van der Waals surface area contributed by atoms with Crippen molar-refractivity contribution in [3.05, 3.63) is 59.7 Å². The van der Waals surface area contributed by atoms with Gasteiger partial charge in [-0.25, -0.2) is 4.79 Å². The molecule has 0 aliphatic rings. The summed E-state index contributed by atoms with van der Waals surface area (Å²) in [7, 11) is 0. The van der Waals surface area contributed by atoms with E-state index < -0.39 is 24.1 Å². The van der Waals surface area contributed by atoms with Gasteiger partial charge in [0.2, 0.25) is 0 Å². The van der Waals surface area contributed by atoms with E-state index in [1.807, 2.05) is 6.07 Å². The third-order valence-electron chi connectivity index (χ3n) is 3.85. The van der Waals surface area contributed by atoms with Gasteiger partial charge in [-0.1, -0.05) is 12.1 Å². The first kappa shape index (κ1) is 20.6. The van der Waals surface area contributed by atoms with Crippen LogP contribution in [-0.4, -0.2) is 29.9 Å². The number of hydrogen-bond acceptors (Lipinski definition) is 6. The summed E-state index contributed by atoms with van der Waals surface area (Å²) < 4.78 is 10.6. The normalized spacial score (nSPS) is 12.2. The highest BCUT2D eigenvalue weighted by Crippen LogP contribution is 2.17. The van der Waals surface area contributed by atoms with Crippen LogP contribution in [-0.2, 0) is 14.3 Å². The molecule has 0 unspecified atom stereocenters. The van der Waals surface area contributed by atoms with Crippen molar-refractivity contribution in [2.24, 2.45) is 0 Å². The van der Waals surface area contributed by atoms with Crippen LogP contribution in [0.15, 0.2) is 48.5 Å². The number of Topliss-reactive ketones (excluding diaryl/α,β-unsaturated/α-hetero) is 1. The Morgan fingerprint density at radius 2 is 1.64 bits per heavy atom. The Bertz CT molecular complexity index is 915. The number of ether oxygens (including phenoxy) is 2. The highest BCUT2D eigenvalue weighted by molar-refractivity contribution is 6.04. The maximum atomic E-state index is 12.3. The molecule has 2 rings (SSSR count). The molecule has 0 saturated heterocycles. The summed E-state index contributed by atoms with van der Waals surface area (Å²) in [6.45, 7) is 4.32. The summed E-state index contributed by atoms with van der Waals surface area (Å²) in [5.74, 6) is -1.07. The Morgan fingerprint density at radius 1 is 1.00 bits per heavy atom. The topological polar surface area (TPSA) is 105 Å². The summed E-state index contributed by atoms with van der Waals surface area (Å²) in [4.78, 5) is 36.1. The summed E-state index contributed by atoms with van der Waals surface area (Å²) in [6.07, 6.45) is -2.03. The quantitative estimate of drug-likeness (QED) is 0.584. The minimum atomic E-state index is -1.08. The number of carbonyl (C=O) groups is 3. The number of ketones is 1. The van der Waals surface area contributed by atoms with Crippen molar-refractivity contribution in [2.75, 3.05) is 5.32 Å². The molecule has 2 atom stereocenters. The molecule has 7 nitrogen and oxygen atoms in total. The molecule has 7 heteroatoms. The fourth-order valence-corrected chi connectivity index (χ4v) is 2.32. The number of rotatable bonds is 7. The van der Waals surface area contributed by atoms with Gasteiger partial charge in [-0.15, -0.1) is 0 Å². The molecular formula is C21H20N2O5. The number of esters is 1. The number of para-hydroxylation sites is 1. The van der Waals surface area contributed by atoms with Crippen molar-refractivity contribution in [3.8, 4) is 11.8 Å². The van der Waals surface area contributed by atoms with E-state index in [0.717, 1.165) is 0 Å². The average molecular weight is 380 g/mol. The predicted octanol–water partition coefficient (Wildman–Crippen LogP) is 3.10. The standard InChI is InChI=1S/C21H20N2O5/c1-13(24)18-6-4-5-7-19(18)23-20(25)14(2)28-21(26)15(3)27-17-10-8-16(12-22)9-11-17/h4-11,14-15H,1-3H3,(H,23,25)/t14-,15-/m1/s1. The fourth-order valence-electron chi connectivity index (χ4n) is 2.32. The summed E-state index contributed by atoms with van der Waals surface area (Å²) in [6, 6.07) is 14.8. The molecule has 144 valence electrons. The third kappa shape index (κ3) is 5.42. The van der Waals surface area contributed by atoms with E-state index in [0.29, 0.717) is 22.6 Å². The predicted molar refractivity (Wildman–Crippen MR) is 102 cm³/mol. The number of amides is 1. The lowest BCUT2D eigenvalue weighted by Crippen LogP contribution is -2.35. The molecule has 0 heterocycles. The van der Waals surface area contributed by atoms with Gasteiger partial charge in [0.25, 0.3) is 5.91 Å². The Labute approximate surface area is 162 Å². The minimum absolute atomic E-state index is 0.190. The summed E-state index contributed by atoms with van der Waals surface area (Å²) in [5.41, 5.74) is 1.19. The molecule has 1 N–H and O–H groups in total. The molecule has 0 radical (unpaired) electrons. The molecule has 28 heavy (non-hydrogen) atoms. The lowest BCUT2D eigenvalue weighted by molar-refractivity contribution is -0.159. The lowest BCUT2D eigenvalue weighted by atomic mass is 10.1. The van der Waals surface area contributed by atoms with Crippen LogP contribution in [0.4, 0.5) is 5.69 Å². The monoisotopic (exact) mass is 380 g/mol. The molecule has 0 spiro atoms. The molecule has 1 amide bonds. The first-order chi connectivity index (χ1) is 13.3. The lowest BCUT2D eigenvalue weighted by Gasteiger charge is -2.18. The largest absolute Gasteiger partial charge is 0.479 e.